The van der Waals surface area contributed by atoms with E-state index in [1.54, 1.807) is 35.6 Å². The molecule has 1 N–H and O–H groups in total. The minimum absolute atomic E-state index is 0.110. The molecule has 11 nitrogen and oxygen atoms in total. The number of piperazine rings is 1. The van der Waals surface area contributed by atoms with Crippen LogP contribution in [0.1, 0.15) is 0 Å². The van der Waals surface area contributed by atoms with Gasteiger partial charge in [-0.3, -0.25) is 4.79 Å². The molecule has 6 rings (SSSR count). The van der Waals surface area contributed by atoms with Crippen LogP contribution in [0.2, 0.25) is 0 Å². The van der Waals surface area contributed by atoms with Crippen molar-refractivity contribution in [2.45, 2.75) is 0 Å². The third kappa shape index (κ3) is 4.72. The monoisotopic (exact) mass is 543 g/mol. The predicted molar refractivity (Wildman–Crippen MR) is 145 cm³/mol. The van der Waals surface area contributed by atoms with Crippen LogP contribution >= 0.6 is 0 Å². The highest BCUT2D eigenvalue weighted by Gasteiger charge is 2.22. The molecule has 5 aromatic rings. The summed E-state index contributed by atoms with van der Waals surface area (Å²) in [6.45, 7) is 5.61. The number of halogens is 2. The van der Waals surface area contributed by atoms with Gasteiger partial charge in [0.2, 0.25) is 11.9 Å². The molecule has 1 fully saturated rings. The molecule has 0 saturated carbocycles. The topological polar surface area (TPSA) is 114 Å². The Morgan fingerprint density at radius 1 is 1.02 bits per heavy atom. The van der Waals surface area contributed by atoms with Crippen molar-refractivity contribution in [3.05, 3.63) is 73.5 Å². The molecular formula is C27H23F2N9O2. The van der Waals surface area contributed by atoms with Gasteiger partial charge in [0.25, 0.3) is 0 Å². The zero-order chi connectivity index (χ0) is 27.8. The van der Waals surface area contributed by atoms with Crippen LogP contribution in [0.4, 0.5) is 26.2 Å². The van der Waals surface area contributed by atoms with Gasteiger partial charge in [0.15, 0.2) is 23.2 Å². The van der Waals surface area contributed by atoms with E-state index in [2.05, 4.69) is 36.8 Å². The molecule has 4 heterocycles. The Morgan fingerprint density at radius 3 is 2.55 bits per heavy atom. The minimum Gasteiger partial charge on any atom is -0.451 e. The van der Waals surface area contributed by atoms with Crippen LogP contribution in [-0.2, 0) is 11.8 Å². The zero-order valence-corrected chi connectivity index (χ0v) is 21.4. The number of imidazole rings is 1. The van der Waals surface area contributed by atoms with E-state index in [0.29, 0.717) is 48.7 Å². The lowest BCUT2D eigenvalue weighted by atomic mass is 10.2. The SMILES string of the molecule is C=CC(=O)N1CCN(c2ncc3ncnc(Nc4cc(F)c(Oc5ccc6c(c5)ncn6C)c(F)c4)c3n2)CC1. The summed E-state index contributed by atoms with van der Waals surface area (Å²) in [6, 6.07) is 7.23. The Kier molecular flexibility index (Phi) is 6.38. The average molecular weight is 544 g/mol. The number of rotatable bonds is 6. The molecule has 13 heteroatoms. The van der Waals surface area contributed by atoms with E-state index in [1.165, 1.54) is 12.4 Å². The smallest absolute Gasteiger partial charge is 0.246 e. The quantitative estimate of drug-likeness (QED) is 0.318. The minimum atomic E-state index is -0.899. The molecule has 0 spiro atoms. The number of ether oxygens (including phenoxy) is 1. The van der Waals surface area contributed by atoms with E-state index >= 15 is 8.78 Å². The maximum absolute atomic E-state index is 15.0. The zero-order valence-electron chi connectivity index (χ0n) is 21.4. The van der Waals surface area contributed by atoms with Crippen LogP contribution in [-0.4, -0.2) is 66.5 Å². The predicted octanol–water partition coefficient (Wildman–Crippen LogP) is 3.96. The van der Waals surface area contributed by atoms with Gasteiger partial charge in [0, 0.05) is 57.1 Å². The molecular weight excluding hydrogens is 520 g/mol. The van der Waals surface area contributed by atoms with E-state index in [0.717, 1.165) is 17.6 Å². The average Bonchev–Trinajstić information content (AvgIpc) is 3.34. The van der Waals surface area contributed by atoms with E-state index < -0.39 is 17.4 Å². The van der Waals surface area contributed by atoms with Gasteiger partial charge in [-0.25, -0.2) is 33.7 Å². The van der Waals surface area contributed by atoms with Crippen LogP contribution in [0.25, 0.3) is 22.1 Å². The highest BCUT2D eigenvalue weighted by Crippen LogP contribution is 2.33. The number of benzene rings is 2. The van der Waals surface area contributed by atoms with Gasteiger partial charge in [-0.2, -0.15) is 0 Å². The largest absolute Gasteiger partial charge is 0.451 e. The van der Waals surface area contributed by atoms with Crippen molar-refractivity contribution in [2.24, 2.45) is 7.05 Å². The summed E-state index contributed by atoms with van der Waals surface area (Å²) < 4.78 is 37.4. The number of anilines is 3. The summed E-state index contributed by atoms with van der Waals surface area (Å²) in [5.74, 6) is -1.51. The number of amides is 1. The number of aromatic nitrogens is 6. The van der Waals surface area contributed by atoms with Crippen molar-refractivity contribution in [3.63, 3.8) is 0 Å². The first-order valence-electron chi connectivity index (χ1n) is 12.4. The van der Waals surface area contributed by atoms with Gasteiger partial charge >= 0.3 is 0 Å². The van der Waals surface area contributed by atoms with Crippen molar-refractivity contribution in [3.8, 4) is 11.5 Å². The van der Waals surface area contributed by atoms with E-state index in [4.69, 9.17) is 4.74 Å². The first kappa shape index (κ1) is 25.1. The normalized spacial score (nSPS) is 13.6. The first-order valence-corrected chi connectivity index (χ1v) is 12.4. The van der Waals surface area contributed by atoms with E-state index in [1.807, 2.05) is 16.5 Å². The molecule has 0 bridgehead atoms. The fraction of sp³-hybridized carbons (Fsp3) is 0.185. The Balaban J connectivity index is 1.23. The van der Waals surface area contributed by atoms with Crippen molar-refractivity contribution in [1.82, 2.24) is 34.4 Å². The van der Waals surface area contributed by atoms with Gasteiger partial charge in [-0.05, 0) is 18.2 Å². The summed E-state index contributed by atoms with van der Waals surface area (Å²) >= 11 is 0. The highest BCUT2D eigenvalue weighted by molar-refractivity contribution is 5.88. The fourth-order valence-corrected chi connectivity index (χ4v) is 4.51. The number of hydrogen-bond donors (Lipinski definition) is 1. The summed E-state index contributed by atoms with van der Waals surface area (Å²) in [6.07, 6.45) is 5.81. The Hall–Kier alpha value is -5.20. The van der Waals surface area contributed by atoms with Crippen molar-refractivity contribution in [1.29, 1.82) is 0 Å². The first-order chi connectivity index (χ1) is 19.4. The molecule has 1 aliphatic rings. The Labute approximate surface area is 226 Å². The van der Waals surface area contributed by atoms with E-state index in [-0.39, 0.29) is 23.2 Å². The molecule has 3 aromatic heterocycles. The van der Waals surface area contributed by atoms with Crippen molar-refractivity contribution >= 4 is 45.4 Å². The molecule has 0 atom stereocenters. The molecule has 0 radical (unpaired) electrons. The second-order valence-corrected chi connectivity index (χ2v) is 9.14. The number of aryl methyl sites for hydroxylation is 1. The lowest BCUT2D eigenvalue weighted by Crippen LogP contribution is -2.48. The number of hydrogen-bond acceptors (Lipinski definition) is 9. The molecule has 202 valence electrons. The molecule has 40 heavy (non-hydrogen) atoms. The van der Waals surface area contributed by atoms with Gasteiger partial charge in [-0.1, -0.05) is 6.58 Å². The van der Waals surface area contributed by atoms with Gasteiger partial charge in [-0.15, -0.1) is 0 Å². The Morgan fingerprint density at radius 2 is 1.80 bits per heavy atom. The van der Waals surface area contributed by atoms with Crippen LogP contribution < -0.4 is 15.0 Å². The van der Waals surface area contributed by atoms with Gasteiger partial charge in [0.1, 0.15) is 23.1 Å². The number of carbonyl (C=O) groups is 1. The third-order valence-corrected chi connectivity index (χ3v) is 6.59. The van der Waals surface area contributed by atoms with Crippen LogP contribution in [0, 0.1) is 11.6 Å². The molecule has 0 unspecified atom stereocenters. The maximum atomic E-state index is 15.0. The van der Waals surface area contributed by atoms with Crippen LogP contribution in [0.3, 0.4) is 0 Å². The second-order valence-electron chi connectivity index (χ2n) is 9.14. The molecule has 1 amide bonds. The number of nitrogens with one attached hydrogen (secondary N) is 1. The summed E-state index contributed by atoms with van der Waals surface area (Å²) in [7, 11) is 1.85. The summed E-state index contributed by atoms with van der Waals surface area (Å²) in [5.41, 5.74) is 2.44. The van der Waals surface area contributed by atoms with Crippen LogP contribution in [0.15, 0.2) is 61.8 Å². The van der Waals surface area contributed by atoms with Crippen molar-refractivity contribution < 1.29 is 18.3 Å². The highest BCUT2D eigenvalue weighted by atomic mass is 19.1. The molecule has 1 saturated heterocycles. The fourth-order valence-electron chi connectivity index (χ4n) is 4.51. The number of nitrogens with zero attached hydrogens (tertiary/aromatic N) is 8. The van der Waals surface area contributed by atoms with Gasteiger partial charge in [0.05, 0.1) is 23.6 Å². The lowest BCUT2D eigenvalue weighted by Gasteiger charge is -2.34. The van der Waals surface area contributed by atoms with E-state index in [9.17, 15) is 4.79 Å². The molecule has 1 aliphatic heterocycles. The second kappa shape index (κ2) is 10.2. The molecule has 2 aromatic carbocycles. The van der Waals surface area contributed by atoms with Crippen molar-refractivity contribution in [2.75, 3.05) is 36.4 Å². The number of carbonyl (C=O) groups excluding carboxylic acids is 1. The molecule has 0 aliphatic carbocycles. The summed E-state index contributed by atoms with van der Waals surface area (Å²) in [4.78, 5) is 37.2. The number of fused-ring (bicyclic) bond motifs is 2. The summed E-state index contributed by atoms with van der Waals surface area (Å²) in [5, 5.41) is 2.93. The lowest BCUT2D eigenvalue weighted by molar-refractivity contribution is -0.126. The van der Waals surface area contributed by atoms with Gasteiger partial charge < -0.3 is 24.4 Å². The Bertz CT molecular complexity index is 1740. The third-order valence-electron chi connectivity index (χ3n) is 6.59. The van der Waals surface area contributed by atoms with Crippen LogP contribution in [0.5, 0.6) is 11.5 Å². The maximum Gasteiger partial charge on any atom is 0.246 e. The standard InChI is InChI=1S/C27H23F2N9O2/c1-3-23(39)37-6-8-38(9-7-37)27-30-13-21-24(35-27)26(32-14-31-21)34-16-10-18(28)25(19(29)11-16)40-17-4-5-22-20(12-17)33-15-36(22)2/h3-5,10-15H,1,6-9H2,2H3,(H,31,32,34).